The minimum atomic E-state index is -0.419. The van der Waals surface area contributed by atoms with Gasteiger partial charge in [0.15, 0.2) is 0 Å². The lowest BCUT2D eigenvalue weighted by Gasteiger charge is -2.06. The van der Waals surface area contributed by atoms with Gasteiger partial charge in [-0.3, -0.25) is 4.79 Å². The standard InChI is InChI=1S/C15H15ClN2O/c1-11(2)18-15(19)13(10-17)9-14(16)8-12-6-4-3-5-7-12/h3-9,11H,1-2H3,(H,18,19)/b13-9+,14-8-. The molecule has 0 spiro atoms. The van der Waals surface area contributed by atoms with Gasteiger partial charge >= 0.3 is 0 Å². The average Bonchev–Trinajstić information content (AvgIpc) is 2.36. The number of nitrogens with zero attached hydrogens (tertiary/aromatic N) is 1. The second-order valence-electron chi connectivity index (χ2n) is 4.24. The summed E-state index contributed by atoms with van der Waals surface area (Å²) in [6, 6.07) is 11.3. The van der Waals surface area contributed by atoms with Crippen LogP contribution >= 0.6 is 11.6 Å². The fourth-order valence-electron chi connectivity index (χ4n) is 1.38. The summed E-state index contributed by atoms with van der Waals surface area (Å²) in [4.78, 5) is 11.7. The zero-order valence-electron chi connectivity index (χ0n) is 10.9. The molecule has 0 radical (unpaired) electrons. The van der Waals surface area contributed by atoms with E-state index in [4.69, 9.17) is 16.9 Å². The normalized spacial score (nSPS) is 12.2. The number of hydrogen-bond donors (Lipinski definition) is 1. The number of hydrogen-bond acceptors (Lipinski definition) is 2. The molecule has 1 aromatic carbocycles. The number of rotatable bonds is 4. The van der Waals surface area contributed by atoms with Gasteiger partial charge in [0.25, 0.3) is 5.91 Å². The Kier molecular flexibility index (Phi) is 5.84. The Morgan fingerprint density at radius 1 is 1.37 bits per heavy atom. The van der Waals surface area contributed by atoms with Gasteiger partial charge in [-0.05, 0) is 31.6 Å². The molecule has 19 heavy (non-hydrogen) atoms. The summed E-state index contributed by atoms with van der Waals surface area (Å²) >= 11 is 6.02. The molecule has 0 aliphatic carbocycles. The van der Waals surface area contributed by atoms with Gasteiger partial charge in [0, 0.05) is 11.1 Å². The first-order chi connectivity index (χ1) is 9.02. The lowest BCUT2D eigenvalue weighted by Crippen LogP contribution is -2.31. The number of nitrogens with one attached hydrogen (secondary N) is 1. The van der Waals surface area contributed by atoms with E-state index in [1.807, 2.05) is 50.2 Å². The maximum atomic E-state index is 11.7. The molecule has 0 atom stereocenters. The van der Waals surface area contributed by atoms with E-state index in [1.165, 1.54) is 6.08 Å². The Balaban J connectivity index is 2.90. The van der Waals surface area contributed by atoms with Crippen molar-refractivity contribution in [3.63, 3.8) is 0 Å². The summed E-state index contributed by atoms with van der Waals surface area (Å²) in [5.74, 6) is -0.419. The molecule has 0 aliphatic heterocycles. The molecule has 1 amide bonds. The third-order valence-electron chi connectivity index (χ3n) is 2.17. The molecular formula is C15H15ClN2O. The van der Waals surface area contributed by atoms with Crippen molar-refractivity contribution < 1.29 is 4.79 Å². The molecule has 1 aromatic rings. The summed E-state index contributed by atoms with van der Waals surface area (Å²) in [5, 5.41) is 11.9. The molecule has 0 saturated heterocycles. The molecule has 3 nitrogen and oxygen atoms in total. The zero-order chi connectivity index (χ0) is 14.3. The lowest BCUT2D eigenvalue weighted by atomic mass is 10.2. The molecule has 1 N–H and O–H groups in total. The van der Waals surface area contributed by atoms with Gasteiger partial charge in [0.2, 0.25) is 0 Å². The molecule has 1 rings (SSSR count). The largest absolute Gasteiger partial charge is 0.349 e. The maximum absolute atomic E-state index is 11.7. The predicted molar refractivity (Wildman–Crippen MR) is 77.2 cm³/mol. The Morgan fingerprint density at radius 3 is 2.53 bits per heavy atom. The minimum absolute atomic E-state index is 0.00844. The van der Waals surface area contributed by atoms with Crippen LogP contribution in [0, 0.1) is 11.3 Å². The topological polar surface area (TPSA) is 52.9 Å². The van der Waals surface area contributed by atoms with Crippen LogP contribution in [-0.2, 0) is 4.79 Å². The van der Waals surface area contributed by atoms with Gasteiger partial charge in [0.05, 0.1) is 0 Å². The van der Waals surface area contributed by atoms with Crippen LogP contribution in [0.5, 0.6) is 0 Å². The Morgan fingerprint density at radius 2 is 2.00 bits per heavy atom. The van der Waals surface area contributed by atoms with Crippen LogP contribution in [0.1, 0.15) is 19.4 Å². The highest BCUT2D eigenvalue weighted by molar-refractivity contribution is 6.33. The SMILES string of the molecule is CC(C)NC(=O)/C(C#N)=C/C(Cl)=C/c1ccccc1. The zero-order valence-corrected chi connectivity index (χ0v) is 11.6. The maximum Gasteiger partial charge on any atom is 0.262 e. The van der Waals surface area contributed by atoms with Crippen molar-refractivity contribution in [2.45, 2.75) is 19.9 Å². The Labute approximate surface area is 118 Å². The molecule has 0 bridgehead atoms. The lowest BCUT2D eigenvalue weighted by molar-refractivity contribution is -0.117. The van der Waals surface area contributed by atoms with Crippen LogP contribution in [0.4, 0.5) is 0 Å². The van der Waals surface area contributed by atoms with Crippen LogP contribution in [0.25, 0.3) is 6.08 Å². The first kappa shape index (κ1) is 15.0. The van der Waals surface area contributed by atoms with Crippen molar-refractivity contribution in [3.05, 3.63) is 52.6 Å². The molecule has 0 saturated carbocycles. The molecule has 0 aromatic heterocycles. The van der Waals surface area contributed by atoms with Crippen LogP contribution in [-0.4, -0.2) is 11.9 Å². The Hall–Kier alpha value is -2.05. The summed E-state index contributed by atoms with van der Waals surface area (Å²) in [6.07, 6.45) is 3.06. The second kappa shape index (κ2) is 7.40. The van der Waals surface area contributed by atoms with E-state index < -0.39 is 5.91 Å². The summed E-state index contributed by atoms with van der Waals surface area (Å²) < 4.78 is 0. The highest BCUT2D eigenvalue weighted by Crippen LogP contribution is 2.13. The third-order valence-corrected chi connectivity index (χ3v) is 2.39. The highest BCUT2D eigenvalue weighted by Gasteiger charge is 2.09. The number of halogens is 1. The van der Waals surface area contributed by atoms with Crippen LogP contribution in [0.2, 0.25) is 0 Å². The Bertz CT molecular complexity index is 539. The van der Waals surface area contributed by atoms with E-state index in [0.717, 1.165) is 5.56 Å². The quantitative estimate of drug-likeness (QED) is 0.521. The van der Waals surface area contributed by atoms with E-state index in [9.17, 15) is 4.79 Å². The van der Waals surface area contributed by atoms with E-state index in [1.54, 1.807) is 6.08 Å². The number of amides is 1. The van der Waals surface area contributed by atoms with Crippen molar-refractivity contribution in [3.8, 4) is 6.07 Å². The molecule has 4 heteroatoms. The summed E-state index contributed by atoms with van der Waals surface area (Å²) in [6.45, 7) is 3.66. The molecule has 0 fully saturated rings. The van der Waals surface area contributed by atoms with Gasteiger partial charge in [0.1, 0.15) is 11.6 Å². The van der Waals surface area contributed by atoms with Crippen molar-refractivity contribution in [1.29, 1.82) is 5.26 Å². The van der Waals surface area contributed by atoms with Crippen LogP contribution in [0.3, 0.4) is 0 Å². The summed E-state index contributed by atoms with van der Waals surface area (Å²) in [5.41, 5.74) is 0.899. The van der Waals surface area contributed by atoms with E-state index in [-0.39, 0.29) is 11.6 Å². The van der Waals surface area contributed by atoms with Gasteiger partial charge in [-0.15, -0.1) is 0 Å². The van der Waals surface area contributed by atoms with Crippen LogP contribution in [0.15, 0.2) is 47.0 Å². The summed E-state index contributed by atoms with van der Waals surface area (Å²) in [7, 11) is 0. The first-order valence-electron chi connectivity index (χ1n) is 5.88. The number of allylic oxidation sites excluding steroid dienone is 2. The number of carbonyl (C=O) groups excluding carboxylic acids is 1. The minimum Gasteiger partial charge on any atom is -0.349 e. The molecular weight excluding hydrogens is 260 g/mol. The molecule has 0 aliphatic rings. The number of nitriles is 1. The van der Waals surface area contributed by atoms with Crippen molar-refractivity contribution in [2.24, 2.45) is 0 Å². The molecule has 98 valence electrons. The highest BCUT2D eigenvalue weighted by atomic mass is 35.5. The van der Waals surface area contributed by atoms with Gasteiger partial charge in [-0.25, -0.2) is 0 Å². The van der Waals surface area contributed by atoms with Gasteiger partial charge in [-0.1, -0.05) is 41.9 Å². The molecule has 0 heterocycles. The van der Waals surface area contributed by atoms with Crippen LogP contribution < -0.4 is 5.32 Å². The van der Waals surface area contributed by atoms with Gasteiger partial charge in [-0.2, -0.15) is 5.26 Å². The number of benzene rings is 1. The average molecular weight is 275 g/mol. The smallest absolute Gasteiger partial charge is 0.262 e. The second-order valence-corrected chi connectivity index (χ2v) is 4.67. The van der Waals surface area contributed by atoms with Crippen molar-refractivity contribution in [1.82, 2.24) is 5.32 Å². The molecule has 0 unspecified atom stereocenters. The van der Waals surface area contributed by atoms with Crippen molar-refractivity contribution in [2.75, 3.05) is 0 Å². The monoisotopic (exact) mass is 274 g/mol. The van der Waals surface area contributed by atoms with E-state index in [2.05, 4.69) is 5.32 Å². The first-order valence-corrected chi connectivity index (χ1v) is 6.25. The van der Waals surface area contributed by atoms with E-state index >= 15 is 0 Å². The predicted octanol–water partition coefficient (Wildman–Crippen LogP) is 3.24. The van der Waals surface area contributed by atoms with E-state index in [0.29, 0.717) is 5.03 Å². The fraction of sp³-hybridized carbons (Fsp3) is 0.200. The van der Waals surface area contributed by atoms with Crippen molar-refractivity contribution >= 4 is 23.6 Å². The fourth-order valence-corrected chi connectivity index (χ4v) is 1.61. The third kappa shape index (κ3) is 5.41. The number of carbonyl (C=O) groups is 1. The van der Waals surface area contributed by atoms with Gasteiger partial charge < -0.3 is 5.32 Å².